The maximum atomic E-state index is 13.1. The summed E-state index contributed by atoms with van der Waals surface area (Å²) in [6.45, 7) is 3.30. The summed E-state index contributed by atoms with van der Waals surface area (Å²) in [6.07, 6.45) is 3.02. The highest BCUT2D eigenvalue weighted by atomic mass is 16.3. The summed E-state index contributed by atoms with van der Waals surface area (Å²) in [5.41, 5.74) is 3.73. The monoisotopic (exact) mass is 336 g/mol. The molecule has 0 bridgehead atoms. The van der Waals surface area contributed by atoms with Gasteiger partial charge in [-0.05, 0) is 48.1 Å². The van der Waals surface area contributed by atoms with Crippen LogP contribution < -0.4 is 0 Å². The van der Waals surface area contributed by atoms with Crippen molar-refractivity contribution in [3.05, 3.63) is 65.2 Å². The van der Waals surface area contributed by atoms with Gasteiger partial charge in [-0.2, -0.15) is 0 Å². The third kappa shape index (κ3) is 3.40. The maximum Gasteiger partial charge on any atom is 0.240 e. The molecule has 2 aromatic carbocycles. The van der Waals surface area contributed by atoms with Crippen molar-refractivity contribution in [2.24, 2.45) is 0 Å². The van der Waals surface area contributed by atoms with Gasteiger partial charge in [0.2, 0.25) is 5.91 Å². The number of nitrogens with zero attached hydrogens (tertiary/aromatic N) is 2. The number of hydrogen-bond donors (Lipinski definition) is 1. The van der Waals surface area contributed by atoms with Gasteiger partial charge < -0.3 is 10.0 Å². The van der Waals surface area contributed by atoms with Crippen molar-refractivity contribution in [3.8, 4) is 5.75 Å². The number of carbonyl (C=O) groups is 1. The fourth-order valence-corrected chi connectivity index (χ4v) is 3.97. The lowest BCUT2D eigenvalue weighted by Crippen LogP contribution is -2.50. The Morgan fingerprint density at radius 3 is 2.40 bits per heavy atom. The van der Waals surface area contributed by atoms with Crippen LogP contribution in [0.25, 0.3) is 0 Å². The molecule has 0 aromatic heterocycles. The zero-order valence-electron chi connectivity index (χ0n) is 14.4. The SMILES string of the molecule is O=C(C1Cc2ccccc2CN1Cc1ccc(O)cc1)N1CCCC1. The van der Waals surface area contributed by atoms with E-state index in [-0.39, 0.29) is 17.7 Å². The van der Waals surface area contributed by atoms with E-state index in [4.69, 9.17) is 0 Å². The van der Waals surface area contributed by atoms with E-state index in [9.17, 15) is 9.90 Å². The van der Waals surface area contributed by atoms with Gasteiger partial charge in [-0.15, -0.1) is 0 Å². The molecular weight excluding hydrogens is 312 g/mol. The second-order valence-electron chi connectivity index (χ2n) is 7.09. The largest absolute Gasteiger partial charge is 0.508 e. The zero-order chi connectivity index (χ0) is 17.2. The van der Waals surface area contributed by atoms with E-state index in [0.29, 0.717) is 0 Å². The van der Waals surface area contributed by atoms with Gasteiger partial charge in [0.05, 0.1) is 6.04 Å². The van der Waals surface area contributed by atoms with Gasteiger partial charge in [0.25, 0.3) is 0 Å². The molecule has 1 fully saturated rings. The first-order valence-electron chi connectivity index (χ1n) is 9.08. The minimum absolute atomic E-state index is 0.0956. The van der Waals surface area contributed by atoms with Crippen LogP contribution in [0, 0.1) is 0 Å². The van der Waals surface area contributed by atoms with Gasteiger partial charge in [-0.3, -0.25) is 9.69 Å². The summed E-state index contributed by atoms with van der Waals surface area (Å²) >= 11 is 0. The van der Waals surface area contributed by atoms with Crippen molar-refractivity contribution in [2.45, 2.75) is 38.4 Å². The van der Waals surface area contributed by atoms with Gasteiger partial charge in [0.15, 0.2) is 0 Å². The molecule has 2 heterocycles. The first-order valence-corrected chi connectivity index (χ1v) is 9.08. The molecule has 0 radical (unpaired) electrons. The summed E-state index contributed by atoms with van der Waals surface area (Å²) in [5, 5.41) is 9.50. The smallest absolute Gasteiger partial charge is 0.240 e. The molecule has 2 aliphatic rings. The Morgan fingerprint density at radius 1 is 1.00 bits per heavy atom. The maximum absolute atomic E-state index is 13.1. The molecule has 0 aliphatic carbocycles. The summed E-state index contributed by atoms with van der Waals surface area (Å²) < 4.78 is 0. The fourth-order valence-electron chi connectivity index (χ4n) is 3.97. The van der Waals surface area contributed by atoms with Crippen LogP contribution in [0.15, 0.2) is 48.5 Å². The quantitative estimate of drug-likeness (QED) is 0.937. The molecule has 4 nitrogen and oxygen atoms in total. The normalized spacial score (nSPS) is 20.5. The Kier molecular flexibility index (Phi) is 4.45. The lowest BCUT2D eigenvalue weighted by atomic mass is 9.92. The minimum atomic E-state index is -0.0956. The number of amides is 1. The van der Waals surface area contributed by atoms with Crippen LogP contribution in [0.4, 0.5) is 0 Å². The molecule has 4 rings (SSSR count). The second-order valence-corrected chi connectivity index (χ2v) is 7.09. The van der Waals surface area contributed by atoms with Gasteiger partial charge in [0.1, 0.15) is 5.75 Å². The number of rotatable bonds is 3. The summed E-state index contributed by atoms with van der Waals surface area (Å²) in [6, 6.07) is 15.6. The Bertz CT molecular complexity index is 751. The van der Waals surface area contributed by atoms with Crippen LogP contribution in [-0.2, 0) is 24.3 Å². The molecule has 1 unspecified atom stereocenters. The van der Waals surface area contributed by atoms with Crippen LogP contribution in [0.1, 0.15) is 29.5 Å². The predicted octanol–water partition coefficient (Wildman–Crippen LogP) is 2.94. The number of fused-ring (bicyclic) bond motifs is 1. The molecular formula is C21H24N2O2. The van der Waals surface area contributed by atoms with Crippen molar-refractivity contribution in [1.29, 1.82) is 0 Å². The number of hydrogen-bond acceptors (Lipinski definition) is 3. The Hall–Kier alpha value is -2.33. The lowest BCUT2D eigenvalue weighted by Gasteiger charge is -2.38. The third-order valence-corrected chi connectivity index (χ3v) is 5.37. The first-order chi connectivity index (χ1) is 12.2. The lowest BCUT2D eigenvalue weighted by molar-refractivity contribution is -0.136. The van der Waals surface area contributed by atoms with Crippen molar-refractivity contribution >= 4 is 5.91 Å². The number of phenols is 1. The third-order valence-electron chi connectivity index (χ3n) is 5.37. The van der Waals surface area contributed by atoms with Crippen LogP contribution >= 0.6 is 0 Å². The van der Waals surface area contributed by atoms with Crippen LogP contribution in [-0.4, -0.2) is 39.9 Å². The highest BCUT2D eigenvalue weighted by molar-refractivity contribution is 5.83. The average molecular weight is 336 g/mol. The Labute approximate surface area is 148 Å². The molecule has 130 valence electrons. The first kappa shape index (κ1) is 16.2. The van der Waals surface area contributed by atoms with Crippen molar-refractivity contribution in [1.82, 2.24) is 9.80 Å². The van der Waals surface area contributed by atoms with Gasteiger partial charge in [-0.25, -0.2) is 0 Å². The molecule has 2 aliphatic heterocycles. The molecule has 2 aromatic rings. The average Bonchev–Trinajstić information content (AvgIpc) is 3.17. The van der Waals surface area contributed by atoms with Gasteiger partial charge in [0, 0.05) is 26.2 Å². The fraction of sp³-hybridized carbons (Fsp3) is 0.381. The molecule has 0 spiro atoms. The van der Waals surface area contributed by atoms with Crippen LogP contribution in [0.5, 0.6) is 5.75 Å². The molecule has 1 N–H and O–H groups in total. The standard InChI is InChI=1S/C21H24N2O2/c24-19-9-7-16(8-10-19)14-23-15-18-6-2-1-5-17(18)13-20(23)21(25)22-11-3-4-12-22/h1-2,5-10,20,24H,3-4,11-15H2. The van der Waals surface area contributed by atoms with Gasteiger partial charge >= 0.3 is 0 Å². The molecule has 0 saturated carbocycles. The van der Waals surface area contributed by atoms with Crippen molar-refractivity contribution < 1.29 is 9.90 Å². The van der Waals surface area contributed by atoms with Crippen LogP contribution in [0.2, 0.25) is 0 Å². The van der Waals surface area contributed by atoms with E-state index in [1.807, 2.05) is 17.0 Å². The number of benzene rings is 2. The highest BCUT2D eigenvalue weighted by Crippen LogP contribution is 2.27. The van der Waals surface area contributed by atoms with E-state index in [2.05, 4.69) is 29.2 Å². The van der Waals surface area contributed by atoms with E-state index < -0.39 is 0 Å². The van der Waals surface area contributed by atoms with Crippen molar-refractivity contribution in [3.63, 3.8) is 0 Å². The van der Waals surface area contributed by atoms with Crippen LogP contribution in [0.3, 0.4) is 0 Å². The molecule has 1 saturated heterocycles. The molecule has 25 heavy (non-hydrogen) atoms. The topological polar surface area (TPSA) is 43.8 Å². The molecule has 1 atom stereocenters. The van der Waals surface area contributed by atoms with E-state index in [0.717, 1.165) is 51.0 Å². The Balaban J connectivity index is 1.60. The number of phenolic OH excluding ortho intramolecular Hbond substituents is 1. The number of aromatic hydroxyl groups is 1. The number of carbonyl (C=O) groups excluding carboxylic acids is 1. The van der Waals surface area contributed by atoms with Crippen molar-refractivity contribution in [2.75, 3.05) is 13.1 Å². The van der Waals surface area contributed by atoms with E-state index in [1.54, 1.807) is 12.1 Å². The zero-order valence-corrected chi connectivity index (χ0v) is 14.4. The molecule has 1 amide bonds. The summed E-state index contributed by atoms with van der Waals surface area (Å²) in [4.78, 5) is 17.4. The summed E-state index contributed by atoms with van der Waals surface area (Å²) in [7, 11) is 0. The number of likely N-dealkylation sites (tertiary alicyclic amines) is 1. The van der Waals surface area contributed by atoms with E-state index >= 15 is 0 Å². The Morgan fingerprint density at radius 2 is 1.68 bits per heavy atom. The van der Waals surface area contributed by atoms with E-state index in [1.165, 1.54) is 11.1 Å². The van der Waals surface area contributed by atoms with Gasteiger partial charge in [-0.1, -0.05) is 36.4 Å². The second kappa shape index (κ2) is 6.89. The minimum Gasteiger partial charge on any atom is -0.508 e. The highest BCUT2D eigenvalue weighted by Gasteiger charge is 2.34. The summed E-state index contributed by atoms with van der Waals surface area (Å²) in [5.74, 6) is 0.545. The molecule has 4 heteroatoms. The predicted molar refractivity (Wildman–Crippen MR) is 97.1 cm³/mol.